The highest BCUT2D eigenvalue weighted by atomic mass is 35.5. The SMILES string of the molecule is CCNC(=NCC(C)(C)c1ccc(F)cc1Cl)NCCOCCS(C)(=O)=O. The van der Waals surface area contributed by atoms with Crippen LogP contribution in [0.25, 0.3) is 0 Å². The average Bonchev–Trinajstić information content (AvgIpc) is 2.54. The van der Waals surface area contributed by atoms with E-state index >= 15 is 0 Å². The van der Waals surface area contributed by atoms with Crippen molar-refractivity contribution < 1.29 is 17.5 Å². The first-order chi connectivity index (χ1) is 12.5. The van der Waals surface area contributed by atoms with Gasteiger partial charge < -0.3 is 15.4 Å². The fraction of sp³-hybridized carbons (Fsp3) is 0.611. The summed E-state index contributed by atoms with van der Waals surface area (Å²) in [5.41, 5.74) is 0.452. The highest BCUT2D eigenvalue weighted by Crippen LogP contribution is 2.30. The number of hydrogen-bond acceptors (Lipinski definition) is 4. The molecule has 0 bridgehead atoms. The van der Waals surface area contributed by atoms with Gasteiger partial charge in [0, 0.05) is 29.8 Å². The zero-order valence-electron chi connectivity index (χ0n) is 16.3. The molecule has 1 rings (SSSR count). The maximum absolute atomic E-state index is 13.3. The van der Waals surface area contributed by atoms with Gasteiger partial charge in [0.25, 0.3) is 0 Å². The summed E-state index contributed by atoms with van der Waals surface area (Å²) in [4.78, 5) is 4.57. The van der Waals surface area contributed by atoms with Gasteiger partial charge in [-0.15, -0.1) is 0 Å². The zero-order chi connectivity index (χ0) is 20.5. The van der Waals surface area contributed by atoms with E-state index in [1.54, 1.807) is 6.07 Å². The van der Waals surface area contributed by atoms with Crippen LogP contribution in [-0.4, -0.2) is 59.2 Å². The Morgan fingerprint density at radius 1 is 1.30 bits per heavy atom. The van der Waals surface area contributed by atoms with Crippen LogP contribution in [0.3, 0.4) is 0 Å². The van der Waals surface area contributed by atoms with Crippen LogP contribution in [0.1, 0.15) is 26.3 Å². The lowest BCUT2D eigenvalue weighted by Crippen LogP contribution is -2.40. The van der Waals surface area contributed by atoms with Crippen LogP contribution < -0.4 is 10.6 Å². The van der Waals surface area contributed by atoms with Crippen molar-refractivity contribution >= 4 is 27.4 Å². The third-order valence-electron chi connectivity index (χ3n) is 3.77. The Hall–Kier alpha value is -1.38. The van der Waals surface area contributed by atoms with Crippen molar-refractivity contribution in [3.63, 3.8) is 0 Å². The lowest BCUT2D eigenvalue weighted by Gasteiger charge is -2.25. The molecule has 0 fully saturated rings. The van der Waals surface area contributed by atoms with Crippen LogP contribution in [0.2, 0.25) is 5.02 Å². The van der Waals surface area contributed by atoms with Gasteiger partial charge in [-0.2, -0.15) is 0 Å². The topological polar surface area (TPSA) is 79.8 Å². The van der Waals surface area contributed by atoms with E-state index in [1.165, 1.54) is 18.4 Å². The van der Waals surface area contributed by atoms with E-state index in [4.69, 9.17) is 16.3 Å². The number of guanidine groups is 1. The molecule has 0 spiro atoms. The van der Waals surface area contributed by atoms with Gasteiger partial charge in [-0.25, -0.2) is 12.8 Å². The van der Waals surface area contributed by atoms with E-state index in [2.05, 4.69) is 15.6 Å². The van der Waals surface area contributed by atoms with E-state index in [9.17, 15) is 12.8 Å². The molecule has 27 heavy (non-hydrogen) atoms. The highest BCUT2D eigenvalue weighted by Gasteiger charge is 2.23. The van der Waals surface area contributed by atoms with Crippen molar-refractivity contribution in [3.8, 4) is 0 Å². The van der Waals surface area contributed by atoms with Crippen molar-refractivity contribution in [1.82, 2.24) is 10.6 Å². The van der Waals surface area contributed by atoms with Crippen molar-refractivity contribution in [3.05, 3.63) is 34.6 Å². The molecule has 1 aromatic rings. The summed E-state index contributed by atoms with van der Waals surface area (Å²) in [6, 6.07) is 4.38. The number of rotatable bonds is 10. The molecule has 2 N–H and O–H groups in total. The molecule has 0 aliphatic rings. The average molecular weight is 422 g/mol. The second-order valence-corrected chi connectivity index (χ2v) is 9.54. The summed E-state index contributed by atoms with van der Waals surface area (Å²) >= 11 is 6.18. The van der Waals surface area contributed by atoms with E-state index in [0.717, 1.165) is 5.56 Å². The fourth-order valence-corrected chi connectivity index (χ4v) is 3.14. The van der Waals surface area contributed by atoms with Crippen LogP contribution in [0, 0.1) is 5.82 Å². The zero-order valence-corrected chi connectivity index (χ0v) is 17.9. The molecule has 0 heterocycles. The molecular weight excluding hydrogens is 393 g/mol. The Balaban J connectivity index is 2.59. The first kappa shape index (κ1) is 23.7. The minimum atomic E-state index is -3.01. The van der Waals surface area contributed by atoms with Crippen LogP contribution in [0.5, 0.6) is 0 Å². The molecule has 1 aromatic carbocycles. The summed E-state index contributed by atoms with van der Waals surface area (Å²) < 4.78 is 40.7. The molecule has 0 aromatic heterocycles. The Morgan fingerprint density at radius 3 is 2.59 bits per heavy atom. The van der Waals surface area contributed by atoms with Gasteiger partial charge in [0.05, 0.1) is 25.5 Å². The number of aliphatic imine (C=N–C) groups is 1. The van der Waals surface area contributed by atoms with Gasteiger partial charge in [-0.05, 0) is 24.6 Å². The molecule has 0 atom stereocenters. The standard InChI is InChI=1S/C18H29ClFN3O3S/c1-5-21-17(22-8-9-26-10-11-27(4,24)25)23-13-18(2,3)15-7-6-14(20)12-16(15)19/h6-7,12H,5,8-11,13H2,1-4H3,(H2,21,22,23). The molecule has 6 nitrogen and oxygen atoms in total. The van der Waals surface area contributed by atoms with Crippen LogP contribution >= 0.6 is 11.6 Å². The van der Waals surface area contributed by atoms with Gasteiger partial charge in [0.15, 0.2) is 5.96 Å². The first-order valence-corrected chi connectivity index (χ1v) is 11.2. The molecular formula is C18H29ClFN3O3S. The van der Waals surface area contributed by atoms with Gasteiger partial charge >= 0.3 is 0 Å². The van der Waals surface area contributed by atoms with Crippen LogP contribution in [0.15, 0.2) is 23.2 Å². The normalized spacial score (nSPS) is 12.9. The molecule has 0 amide bonds. The van der Waals surface area contributed by atoms with Gasteiger partial charge in [-0.1, -0.05) is 31.5 Å². The van der Waals surface area contributed by atoms with E-state index in [1.807, 2.05) is 20.8 Å². The maximum Gasteiger partial charge on any atom is 0.191 e. The molecule has 0 saturated carbocycles. The summed E-state index contributed by atoms with van der Waals surface area (Å²) in [6.07, 6.45) is 1.18. The van der Waals surface area contributed by atoms with E-state index in [-0.39, 0.29) is 23.6 Å². The molecule has 9 heteroatoms. The number of sulfone groups is 1. The largest absolute Gasteiger partial charge is 0.379 e. The lowest BCUT2D eigenvalue weighted by atomic mass is 9.84. The Morgan fingerprint density at radius 2 is 2.00 bits per heavy atom. The van der Waals surface area contributed by atoms with Crippen LogP contribution in [0.4, 0.5) is 4.39 Å². The third-order valence-corrected chi connectivity index (χ3v) is 5.00. The fourth-order valence-electron chi connectivity index (χ4n) is 2.30. The van der Waals surface area contributed by atoms with Crippen molar-refractivity contribution in [2.24, 2.45) is 4.99 Å². The van der Waals surface area contributed by atoms with Crippen molar-refractivity contribution in [1.29, 1.82) is 0 Å². The number of nitrogens with one attached hydrogen (secondary N) is 2. The summed E-state index contributed by atoms with van der Waals surface area (Å²) in [5.74, 6) is 0.262. The number of nitrogens with zero attached hydrogens (tertiary/aromatic N) is 1. The number of hydrogen-bond donors (Lipinski definition) is 2. The molecule has 0 unspecified atom stereocenters. The Bertz CT molecular complexity index is 739. The monoisotopic (exact) mass is 421 g/mol. The smallest absolute Gasteiger partial charge is 0.191 e. The number of benzene rings is 1. The summed E-state index contributed by atoms with van der Waals surface area (Å²) in [7, 11) is -3.01. The predicted octanol–water partition coefficient (Wildman–Crippen LogP) is 2.37. The summed E-state index contributed by atoms with van der Waals surface area (Å²) in [6.45, 7) is 8.12. The second kappa shape index (κ2) is 10.8. The highest BCUT2D eigenvalue weighted by molar-refractivity contribution is 7.90. The van der Waals surface area contributed by atoms with Gasteiger partial charge in [0.2, 0.25) is 0 Å². The number of ether oxygens (including phenoxy) is 1. The molecule has 0 aliphatic heterocycles. The second-order valence-electron chi connectivity index (χ2n) is 6.87. The Kier molecular flexibility index (Phi) is 9.49. The van der Waals surface area contributed by atoms with Crippen molar-refractivity contribution in [2.45, 2.75) is 26.2 Å². The minimum absolute atomic E-state index is 0.00771. The van der Waals surface area contributed by atoms with Crippen LogP contribution in [-0.2, 0) is 20.0 Å². The molecule has 0 radical (unpaired) electrons. The van der Waals surface area contributed by atoms with Gasteiger partial charge in [-0.3, -0.25) is 4.99 Å². The summed E-state index contributed by atoms with van der Waals surface area (Å²) in [5, 5.41) is 6.66. The molecule has 0 aliphatic carbocycles. The lowest BCUT2D eigenvalue weighted by molar-refractivity contribution is 0.154. The molecule has 154 valence electrons. The van der Waals surface area contributed by atoms with Gasteiger partial charge in [0.1, 0.15) is 15.7 Å². The van der Waals surface area contributed by atoms with E-state index in [0.29, 0.717) is 37.2 Å². The van der Waals surface area contributed by atoms with E-state index < -0.39 is 9.84 Å². The number of halogens is 2. The third kappa shape index (κ3) is 9.39. The Labute approximate surface area is 166 Å². The first-order valence-electron chi connectivity index (χ1n) is 8.78. The molecule has 0 saturated heterocycles. The predicted molar refractivity (Wildman–Crippen MR) is 109 cm³/mol. The minimum Gasteiger partial charge on any atom is -0.379 e. The maximum atomic E-state index is 13.3. The van der Waals surface area contributed by atoms with Crippen molar-refractivity contribution in [2.75, 3.05) is 44.9 Å². The quantitative estimate of drug-likeness (QED) is 0.344.